The van der Waals surface area contributed by atoms with Crippen LogP contribution < -0.4 is 31.0 Å². The molecule has 1 amide bonds. The summed E-state index contributed by atoms with van der Waals surface area (Å²) in [4.78, 5) is 42.7. The second-order valence-electron chi connectivity index (χ2n) is 12.6. The fourth-order valence-corrected chi connectivity index (χ4v) is 6.91. The summed E-state index contributed by atoms with van der Waals surface area (Å²) in [6.45, 7) is 4.97. The molecule has 0 spiro atoms. The third-order valence-electron chi connectivity index (χ3n) is 9.59. The SMILES string of the molecule is CC[C@H](NC(=O)c1c(CN2CCN(c3nc(N)c4cc(OC)c(OC)cc4n3)CC2)n(-c2ccccc2)c(=O)c2ccccc12)c1ccccc1. The Balaban J connectivity index is 1.24. The van der Waals surface area contributed by atoms with Gasteiger partial charge in [0.05, 0.1) is 37.0 Å². The third kappa shape index (κ3) is 6.55. The number of methoxy groups -OCH3 is 2. The first kappa shape index (κ1) is 33.6. The summed E-state index contributed by atoms with van der Waals surface area (Å²) in [7, 11) is 3.16. The lowest BCUT2D eigenvalue weighted by atomic mass is 9.99. The summed E-state index contributed by atoms with van der Waals surface area (Å²) in [5, 5.41) is 5.12. The molecule has 1 aliphatic heterocycles. The van der Waals surface area contributed by atoms with Crippen LogP contribution in [0, 0.1) is 0 Å². The smallest absolute Gasteiger partial charge is 0.263 e. The molecule has 0 aliphatic carbocycles. The van der Waals surface area contributed by atoms with E-state index in [4.69, 9.17) is 20.2 Å². The number of piperazine rings is 1. The van der Waals surface area contributed by atoms with Crippen molar-refractivity contribution in [2.75, 3.05) is 51.0 Å². The first-order valence-corrected chi connectivity index (χ1v) is 17.1. The van der Waals surface area contributed by atoms with E-state index >= 15 is 0 Å². The summed E-state index contributed by atoms with van der Waals surface area (Å²) in [6, 6.07) is 30.3. The van der Waals surface area contributed by atoms with E-state index in [0.717, 1.165) is 5.56 Å². The van der Waals surface area contributed by atoms with E-state index in [9.17, 15) is 9.59 Å². The van der Waals surface area contributed by atoms with Crippen molar-refractivity contribution in [2.24, 2.45) is 0 Å². The Bertz CT molecular complexity index is 2250. The molecule has 2 aromatic heterocycles. The topological polar surface area (TPSA) is 128 Å². The van der Waals surface area contributed by atoms with Crippen LogP contribution in [-0.2, 0) is 6.54 Å². The number of carbonyl (C=O) groups excluding carboxylic acids is 1. The number of ether oxygens (including phenoxy) is 2. The molecular weight excluding hydrogens is 642 g/mol. The summed E-state index contributed by atoms with van der Waals surface area (Å²) < 4.78 is 12.6. The highest BCUT2D eigenvalue weighted by atomic mass is 16.5. The van der Waals surface area contributed by atoms with Crippen molar-refractivity contribution in [3.63, 3.8) is 0 Å². The van der Waals surface area contributed by atoms with E-state index in [1.165, 1.54) is 0 Å². The molecule has 7 rings (SSSR count). The van der Waals surface area contributed by atoms with Crippen molar-refractivity contribution in [3.8, 4) is 17.2 Å². The van der Waals surface area contributed by atoms with Crippen molar-refractivity contribution in [1.29, 1.82) is 0 Å². The van der Waals surface area contributed by atoms with Gasteiger partial charge in [-0.2, -0.15) is 4.98 Å². The van der Waals surface area contributed by atoms with Gasteiger partial charge in [0, 0.05) is 60.6 Å². The van der Waals surface area contributed by atoms with E-state index < -0.39 is 0 Å². The number of benzene rings is 4. The Labute approximate surface area is 296 Å². The van der Waals surface area contributed by atoms with Gasteiger partial charge in [0.15, 0.2) is 11.5 Å². The van der Waals surface area contributed by atoms with Crippen LogP contribution in [0.2, 0.25) is 0 Å². The molecule has 1 fully saturated rings. The Hall–Kier alpha value is -5.94. The zero-order valence-electron chi connectivity index (χ0n) is 29.0. The minimum Gasteiger partial charge on any atom is -0.493 e. The number of nitrogens with two attached hydrogens (primary N) is 1. The van der Waals surface area contributed by atoms with Crippen molar-refractivity contribution >= 4 is 39.3 Å². The lowest BCUT2D eigenvalue weighted by Crippen LogP contribution is -2.47. The second kappa shape index (κ2) is 14.5. The third-order valence-corrected chi connectivity index (χ3v) is 9.59. The Morgan fingerprint density at radius 1 is 0.824 bits per heavy atom. The van der Waals surface area contributed by atoms with Crippen LogP contribution in [0.3, 0.4) is 0 Å². The van der Waals surface area contributed by atoms with Crippen molar-refractivity contribution in [1.82, 2.24) is 24.8 Å². The maximum atomic E-state index is 14.5. The lowest BCUT2D eigenvalue weighted by molar-refractivity contribution is 0.0934. The number of anilines is 2. The highest BCUT2D eigenvalue weighted by Gasteiger charge is 2.28. The maximum Gasteiger partial charge on any atom is 0.263 e. The minimum absolute atomic E-state index is 0.163. The van der Waals surface area contributed by atoms with E-state index in [2.05, 4.69) is 27.0 Å². The average Bonchev–Trinajstić information content (AvgIpc) is 3.17. The van der Waals surface area contributed by atoms with Gasteiger partial charge in [0.25, 0.3) is 11.5 Å². The predicted octanol–water partition coefficient (Wildman–Crippen LogP) is 5.74. The van der Waals surface area contributed by atoms with E-state index in [-0.39, 0.29) is 17.5 Å². The molecule has 0 radical (unpaired) electrons. The van der Waals surface area contributed by atoms with Gasteiger partial charge in [-0.15, -0.1) is 0 Å². The second-order valence-corrected chi connectivity index (χ2v) is 12.6. The van der Waals surface area contributed by atoms with Crippen LogP contribution in [0.4, 0.5) is 11.8 Å². The fourth-order valence-electron chi connectivity index (χ4n) is 6.91. The number of aromatic nitrogens is 3. The molecule has 6 aromatic rings. The van der Waals surface area contributed by atoms with Crippen LogP contribution in [0.5, 0.6) is 11.5 Å². The van der Waals surface area contributed by atoms with Gasteiger partial charge in [-0.1, -0.05) is 73.7 Å². The van der Waals surface area contributed by atoms with Crippen LogP contribution in [0.15, 0.2) is 102 Å². The van der Waals surface area contributed by atoms with Crippen molar-refractivity contribution < 1.29 is 14.3 Å². The molecule has 260 valence electrons. The molecule has 1 atom stereocenters. The van der Waals surface area contributed by atoms with Crippen LogP contribution >= 0.6 is 0 Å². The zero-order valence-corrected chi connectivity index (χ0v) is 29.0. The van der Waals surface area contributed by atoms with E-state index in [1.807, 2.05) is 84.9 Å². The molecule has 0 bridgehead atoms. The largest absolute Gasteiger partial charge is 0.493 e. The van der Waals surface area contributed by atoms with Crippen LogP contribution in [-0.4, -0.2) is 65.7 Å². The molecule has 11 heteroatoms. The van der Waals surface area contributed by atoms with Gasteiger partial charge in [0.1, 0.15) is 5.82 Å². The van der Waals surface area contributed by atoms with Gasteiger partial charge in [-0.05, 0) is 36.2 Å². The van der Waals surface area contributed by atoms with Gasteiger partial charge in [0.2, 0.25) is 5.95 Å². The molecule has 0 unspecified atom stereocenters. The molecule has 1 saturated heterocycles. The number of nitrogen functional groups attached to an aromatic ring is 1. The molecular formula is C40H41N7O4. The summed E-state index contributed by atoms with van der Waals surface area (Å²) >= 11 is 0. The van der Waals surface area contributed by atoms with Crippen LogP contribution in [0.1, 0.15) is 41.0 Å². The normalized spacial score (nSPS) is 14.1. The quantitative estimate of drug-likeness (QED) is 0.186. The molecule has 1 aliphatic rings. The molecule has 11 nitrogen and oxygen atoms in total. The van der Waals surface area contributed by atoms with Gasteiger partial charge in [-0.3, -0.25) is 19.1 Å². The molecule has 51 heavy (non-hydrogen) atoms. The number of fused-ring (bicyclic) bond motifs is 2. The van der Waals surface area contributed by atoms with Crippen molar-refractivity contribution in [2.45, 2.75) is 25.9 Å². The number of hydrogen-bond acceptors (Lipinski definition) is 9. The maximum absolute atomic E-state index is 14.5. The molecule has 3 heterocycles. The number of hydrogen-bond donors (Lipinski definition) is 2. The number of para-hydroxylation sites is 1. The standard InChI is InChI=1S/C40H41N7O4/c1-4-31(26-13-7-5-8-14-26)42-38(48)36-28-17-11-12-18-29(28)39(49)47(27-15-9-6-10-16-27)33(36)25-45-19-21-46(22-20-45)40-43-32-24-35(51-3)34(50-2)23-30(32)37(41)44-40/h5-18,23-24,31H,4,19-22,25H2,1-3H3,(H,42,48)(H2,41,43,44)/t31-/m0/s1. The Morgan fingerprint density at radius 3 is 2.12 bits per heavy atom. The molecule has 0 saturated carbocycles. The summed E-state index contributed by atoms with van der Waals surface area (Å²) in [5.74, 6) is 1.80. The first-order valence-electron chi connectivity index (χ1n) is 17.1. The number of carbonyl (C=O) groups is 1. The zero-order chi connectivity index (χ0) is 35.5. The number of nitrogens with zero attached hydrogens (tertiary/aromatic N) is 5. The summed E-state index contributed by atoms with van der Waals surface area (Å²) in [6.07, 6.45) is 0.713. The fraction of sp³-hybridized carbons (Fsp3) is 0.250. The summed E-state index contributed by atoms with van der Waals surface area (Å²) in [5.41, 5.74) is 9.79. The van der Waals surface area contributed by atoms with Gasteiger partial charge < -0.3 is 25.4 Å². The monoisotopic (exact) mass is 683 g/mol. The number of nitrogens with one attached hydrogen (secondary N) is 1. The van der Waals surface area contributed by atoms with Gasteiger partial charge in [-0.25, -0.2) is 4.98 Å². The lowest BCUT2D eigenvalue weighted by Gasteiger charge is -2.35. The van der Waals surface area contributed by atoms with E-state index in [0.29, 0.717) is 101 Å². The number of rotatable bonds is 10. The first-order chi connectivity index (χ1) is 24.9. The van der Waals surface area contributed by atoms with Crippen molar-refractivity contribution in [3.05, 3.63) is 124 Å². The average molecular weight is 684 g/mol. The highest BCUT2D eigenvalue weighted by molar-refractivity contribution is 6.08. The molecule has 3 N–H and O–H groups in total. The molecule has 4 aromatic carbocycles. The Morgan fingerprint density at radius 2 is 1.45 bits per heavy atom. The number of pyridine rings is 1. The highest BCUT2D eigenvalue weighted by Crippen LogP contribution is 2.34. The van der Waals surface area contributed by atoms with E-state index in [1.54, 1.807) is 30.9 Å². The van der Waals surface area contributed by atoms with Crippen LogP contribution in [0.25, 0.3) is 27.4 Å². The predicted molar refractivity (Wildman–Crippen MR) is 201 cm³/mol. The Kier molecular flexibility index (Phi) is 9.54. The minimum atomic E-state index is -0.215. The van der Waals surface area contributed by atoms with Gasteiger partial charge >= 0.3 is 0 Å². The number of amides is 1.